The number of hydrogen-bond donors (Lipinski definition) is 1. The van der Waals surface area contributed by atoms with Crippen molar-refractivity contribution in [2.24, 2.45) is 0 Å². The molecule has 0 bridgehead atoms. The van der Waals surface area contributed by atoms with E-state index in [1.54, 1.807) is 19.6 Å². The number of rotatable bonds is 8. The van der Waals surface area contributed by atoms with Crippen LogP contribution in [-0.2, 0) is 21.1 Å². The van der Waals surface area contributed by atoms with E-state index < -0.39 is 9.84 Å². The molecule has 104 valence electrons. The fourth-order valence-electron chi connectivity index (χ4n) is 1.77. The van der Waals surface area contributed by atoms with Crippen molar-refractivity contribution in [1.29, 1.82) is 0 Å². The Hall–Kier alpha value is -0.920. The van der Waals surface area contributed by atoms with Crippen LogP contribution in [0.1, 0.15) is 18.7 Å². The largest absolute Gasteiger partial charge is 0.383 e. The maximum Gasteiger partial charge on any atom is 0.149 e. The Labute approximate surface area is 108 Å². The van der Waals surface area contributed by atoms with Gasteiger partial charge in [-0.3, -0.25) is 0 Å². The molecule has 1 N–H and O–H groups in total. The Bertz CT molecular complexity index is 456. The molecule has 1 aromatic heterocycles. The molecule has 0 saturated heterocycles. The van der Waals surface area contributed by atoms with Crippen LogP contribution in [0.2, 0.25) is 0 Å². The van der Waals surface area contributed by atoms with Crippen LogP contribution < -0.4 is 5.32 Å². The summed E-state index contributed by atoms with van der Waals surface area (Å²) in [6.07, 6.45) is 4.67. The molecule has 6 nitrogen and oxygen atoms in total. The van der Waals surface area contributed by atoms with Crippen LogP contribution in [0.5, 0.6) is 0 Å². The molecular formula is C11H21N3O3S. The quantitative estimate of drug-likeness (QED) is 0.687. The van der Waals surface area contributed by atoms with Crippen LogP contribution in [0.25, 0.3) is 0 Å². The first-order valence-corrected chi connectivity index (χ1v) is 7.88. The van der Waals surface area contributed by atoms with Crippen molar-refractivity contribution in [3.8, 4) is 0 Å². The monoisotopic (exact) mass is 275 g/mol. The van der Waals surface area contributed by atoms with Gasteiger partial charge in [0.05, 0.1) is 24.4 Å². The van der Waals surface area contributed by atoms with Gasteiger partial charge in [-0.15, -0.1) is 0 Å². The van der Waals surface area contributed by atoms with Crippen molar-refractivity contribution in [3.05, 3.63) is 18.2 Å². The number of hydrogen-bond acceptors (Lipinski definition) is 5. The van der Waals surface area contributed by atoms with E-state index in [4.69, 9.17) is 4.74 Å². The van der Waals surface area contributed by atoms with E-state index in [9.17, 15) is 8.42 Å². The molecule has 0 fully saturated rings. The highest BCUT2D eigenvalue weighted by Crippen LogP contribution is 2.11. The highest BCUT2D eigenvalue weighted by molar-refractivity contribution is 7.90. The summed E-state index contributed by atoms with van der Waals surface area (Å²) in [4.78, 5) is 4.07. The predicted octanol–water partition coefficient (Wildman–Crippen LogP) is 0.225. The van der Waals surface area contributed by atoms with Gasteiger partial charge >= 0.3 is 0 Å². The maximum atomic E-state index is 11.3. The zero-order valence-electron chi connectivity index (χ0n) is 11.1. The van der Waals surface area contributed by atoms with E-state index in [1.165, 1.54) is 6.26 Å². The molecule has 1 atom stereocenters. The molecule has 1 aromatic rings. The van der Waals surface area contributed by atoms with Crippen molar-refractivity contribution < 1.29 is 13.2 Å². The third kappa shape index (κ3) is 5.16. The van der Waals surface area contributed by atoms with Crippen molar-refractivity contribution in [3.63, 3.8) is 0 Å². The lowest BCUT2D eigenvalue weighted by atomic mass is 10.3. The molecular weight excluding hydrogens is 254 g/mol. The van der Waals surface area contributed by atoms with Gasteiger partial charge in [0, 0.05) is 38.7 Å². The lowest BCUT2D eigenvalue weighted by molar-refractivity contribution is 0.199. The van der Waals surface area contributed by atoms with Gasteiger partial charge in [0.2, 0.25) is 0 Å². The second-order valence-electron chi connectivity index (χ2n) is 4.40. The van der Waals surface area contributed by atoms with Crippen LogP contribution >= 0.6 is 0 Å². The SMILES string of the molecule is COCCNCc1cncn1C(C)CS(C)(=O)=O. The number of sulfone groups is 1. The molecule has 0 radical (unpaired) electrons. The topological polar surface area (TPSA) is 73.2 Å². The summed E-state index contributed by atoms with van der Waals surface area (Å²) in [6, 6.07) is -0.110. The molecule has 0 aromatic carbocycles. The Balaban J connectivity index is 2.58. The lowest BCUT2D eigenvalue weighted by Crippen LogP contribution is -2.23. The van der Waals surface area contributed by atoms with Gasteiger partial charge in [-0.05, 0) is 6.92 Å². The van der Waals surface area contributed by atoms with E-state index in [0.29, 0.717) is 13.2 Å². The number of nitrogens with one attached hydrogen (secondary N) is 1. The minimum absolute atomic E-state index is 0.110. The average molecular weight is 275 g/mol. The van der Waals surface area contributed by atoms with Gasteiger partial charge in [0.25, 0.3) is 0 Å². The van der Waals surface area contributed by atoms with E-state index in [1.807, 2.05) is 11.5 Å². The fourth-order valence-corrected chi connectivity index (χ4v) is 2.81. The minimum atomic E-state index is -2.98. The van der Waals surface area contributed by atoms with Crippen LogP contribution in [0.15, 0.2) is 12.5 Å². The Morgan fingerprint density at radius 2 is 2.28 bits per heavy atom. The second-order valence-corrected chi connectivity index (χ2v) is 6.59. The summed E-state index contributed by atoms with van der Waals surface area (Å²) in [7, 11) is -1.33. The number of aromatic nitrogens is 2. The smallest absolute Gasteiger partial charge is 0.149 e. The standard InChI is InChI=1S/C11H21N3O3S/c1-10(8-18(3,15)16)14-9-13-7-11(14)6-12-4-5-17-2/h7,9-10,12H,4-6,8H2,1-3H3. The van der Waals surface area contributed by atoms with E-state index in [2.05, 4.69) is 10.3 Å². The van der Waals surface area contributed by atoms with Gasteiger partial charge in [0.15, 0.2) is 0 Å². The first-order valence-electron chi connectivity index (χ1n) is 5.82. The third-order valence-electron chi connectivity index (χ3n) is 2.55. The molecule has 1 unspecified atom stereocenters. The van der Waals surface area contributed by atoms with E-state index in [0.717, 1.165) is 12.2 Å². The summed E-state index contributed by atoms with van der Waals surface area (Å²) in [6.45, 7) is 3.92. The van der Waals surface area contributed by atoms with Crippen LogP contribution in [-0.4, -0.2) is 50.2 Å². The van der Waals surface area contributed by atoms with Gasteiger partial charge < -0.3 is 14.6 Å². The minimum Gasteiger partial charge on any atom is -0.383 e. The van der Waals surface area contributed by atoms with Gasteiger partial charge in [-0.25, -0.2) is 13.4 Å². The molecule has 0 amide bonds. The normalized spacial score (nSPS) is 13.7. The lowest BCUT2D eigenvalue weighted by Gasteiger charge is -2.16. The molecule has 1 heterocycles. The second kappa shape index (κ2) is 6.86. The molecule has 0 aliphatic heterocycles. The van der Waals surface area contributed by atoms with Crippen molar-refractivity contribution in [2.75, 3.05) is 32.3 Å². The number of imidazole rings is 1. The molecule has 1 rings (SSSR count). The number of methoxy groups -OCH3 is 1. The van der Waals surface area contributed by atoms with Crippen molar-refractivity contribution in [1.82, 2.24) is 14.9 Å². The first kappa shape index (κ1) is 15.1. The summed E-state index contributed by atoms with van der Waals surface area (Å²) in [5, 5.41) is 3.21. The highest BCUT2D eigenvalue weighted by Gasteiger charge is 2.14. The summed E-state index contributed by atoms with van der Waals surface area (Å²) < 4.78 is 29.4. The first-order chi connectivity index (χ1) is 8.44. The van der Waals surface area contributed by atoms with Crippen LogP contribution in [0.4, 0.5) is 0 Å². The molecule has 0 aliphatic carbocycles. The number of ether oxygens (including phenoxy) is 1. The summed E-state index contributed by atoms with van der Waals surface area (Å²) >= 11 is 0. The molecule has 0 aliphatic rings. The Kier molecular flexibility index (Phi) is 5.77. The molecule has 0 saturated carbocycles. The summed E-state index contributed by atoms with van der Waals surface area (Å²) in [5.74, 6) is 0.119. The van der Waals surface area contributed by atoms with Crippen molar-refractivity contribution >= 4 is 9.84 Å². The van der Waals surface area contributed by atoms with Gasteiger partial charge in [-0.2, -0.15) is 0 Å². The molecule has 7 heteroatoms. The highest BCUT2D eigenvalue weighted by atomic mass is 32.2. The van der Waals surface area contributed by atoms with E-state index >= 15 is 0 Å². The van der Waals surface area contributed by atoms with E-state index in [-0.39, 0.29) is 11.8 Å². The van der Waals surface area contributed by atoms with Crippen LogP contribution in [0.3, 0.4) is 0 Å². The van der Waals surface area contributed by atoms with Gasteiger partial charge in [0.1, 0.15) is 9.84 Å². The van der Waals surface area contributed by atoms with Gasteiger partial charge in [-0.1, -0.05) is 0 Å². The zero-order valence-corrected chi connectivity index (χ0v) is 11.9. The maximum absolute atomic E-state index is 11.3. The van der Waals surface area contributed by atoms with Crippen molar-refractivity contribution in [2.45, 2.75) is 19.5 Å². The molecule has 0 spiro atoms. The zero-order chi connectivity index (χ0) is 13.6. The molecule has 18 heavy (non-hydrogen) atoms. The fraction of sp³-hybridized carbons (Fsp3) is 0.727. The van der Waals surface area contributed by atoms with Crippen LogP contribution in [0, 0.1) is 0 Å². The predicted molar refractivity (Wildman–Crippen MR) is 70.2 cm³/mol. The number of nitrogens with zero attached hydrogens (tertiary/aromatic N) is 2. The Morgan fingerprint density at radius 3 is 2.89 bits per heavy atom. The third-order valence-corrected chi connectivity index (χ3v) is 3.64. The summed E-state index contributed by atoms with van der Waals surface area (Å²) in [5.41, 5.74) is 0.974. The Morgan fingerprint density at radius 1 is 1.56 bits per heavy atom. The average Bonchev–Trinajstić information content (AvgIpc) is 2.70.